The molecule has 0 radical (unpaired) electrons. The van der Waals surface area contributed by atoms with Crippen molar-refractivity contribution in [2.24, 2.45) is 0 Å². The van der Waals surface area contributed by atoms with E-state index in [1.807, 2.05) is 36.4 Å². The first-order valence-corrected chi connectivity index (χ1v) is 10.3. The van der Waals surface area contributed by atoms with Crippen molar-refractivity contribution in [2.45, 2.75) is 0 Å². The minimum absolute atomic E-state index is 0.127. The van der Waals surface area contributed by atoms with Crippen molar-refractivity contribution in [1.29, 1.82) is 0 Å². The quantitative estimate of drug-likeness (QED) is 0.633. The first-order valence-electron chi connectivity index (χ1n) is 10.3. The zero-order valence-corrected chi connectivity index (χ0v) is 17.3. The molecule has 2 aliphatic heterocycles. The highest BCUT2D eigenvalue weighted by Crippen LogP contribution is 2.35. The number of anilines is 2. The standard InChI is InChI=1S/C23H22N4O5/c28-23(14-30-18-4-6-20-21(13-18)32-15-31-20)24-17-3-1-2-16(12-17)19-5-7-22(26-25-19)27-8-10-29-11-9-27/h1-7,12-13H,8-11,14-15H2,(H,24,28). The third-order valence-corrected chi connectivity index (χ3v) is 5.14. The normalized spacial score (nSPS) is 14.8. The number of rotatable bonds is 6. The molecule has 1 saturated heterocycles. The first-order chi connectivity index (χ1) is 15.7. The smallest absolute Gasteiger partial charge is 0.262 e. The van der Waals surface area contributed by atoms with Crippen LogP contribution in [0, 0.1) is 0 Å². The molecule has 0 unspecified atom stereocenters. The second kappa shape index (κ2) is 9.11. The van der Waals surface area contributed by atoms with Crippen LogP contribution < -0.4 is 24.4 Å². The number of carbonyl (C=O) groups excluding carboxylic acids is 1. The second-order valence-electron chi connectivity index (χ2n) is 7.31. The number of hydrogen-bond donors (Lipinski definition) is 1. The lowest BCUT2D eigenvalue weighted by atomic mass is 10.1. The van der Waals surface area contributed by atoms with Gasteiger partial charge in [0.05, 0.1) is 18.9 Å². The Hall–Kier alpha value is -3.85. The Morgan fingerprint density at radius 1 is 1.00 bits per heavy atom. The summed E-state index contributed by atoms with van der Waals surface area (Å²) in [5, 5.41) is 11.6. The predicted molar refractivity (Wildman–Crippen MR) is 117 cm³/mol. The second-order valence-corrected chi connectivity index (χ2v) is 7.31. The van der Waals surface area contributed by atoms with Gasteiger partial charge in [-0.25, -0.2) is 0 Å². The Morgan fingerprint density at radius 2 is 1.88 bits per heavy atom. The molecule has 2 aromatic carbocycles. The number of fused-ring (bicyclic) bond motifs is 1. The summed E-state index contributed by atoms with van der Waals surface area (Å²) >= 11 is 0. The van der Waals surface area contributed by atoms with Crippen molar-refractivity contribution in [3.8, 4) is 28.5 Å². The Labute approximate surface area is 184 Å². The lowest BCUT2D eigenvalue weighted by Crippen LogP contribution is -2.36. The molecule has 9 heteroatoms. The van der Waals surface area contributed by atoms with Crippen LogP contribution in [0.25, 0.3) is 11.3 Å². The van der Waals surface area contributed by atoms with Gasteiger partial charge in [-0.1, -0.05) is 12.1 Å². The molecule has 3 aromatic rings. The van der Waals surface area contributed by atoms with Crippen LogP contribution in [0.3, 0.4) is 0 Å². The topological polar surface area (TPSA) is 95.0 Å². The molecule has 1 amide bonds. The largest absolute Gasteiger partial charge is 0.484 e. The molecular formula is C23H22N4O5. The van der Waals surface area contributed by atoms with E-state index in [0.29, 0.717) is 36.1 Å². The molecule has 1 fully saturated rings. The number of carbonyl (C=O) groups is 1. The van der Waals surface area contributed by atoms with Crippen LogP contribution in [0.4, 0.5) is 11.5 Å². The summed E-state index contributed by atoms with van der Waals surface area (Å²) in [6.45, 7) is 3.08. The summed E-state index contributed by atoms with van der Waals surface area (Å²) in [6.07, 6.45) is 0. The lowest BCUT2D eigenvalue weighted by Gasteiger charge is -2.27. The maximum Gasteiger partial charge on any atom is 0.262 e. The summed E-state index contributed by atoms with van der Waals surface area (Å²) < 4.78 is 21.5. The number of nitrogens with zero attached hydrogens (tertiary/aromatic N) is 3. The maximum absolute atomic E-state index is 12.4. The fourth-order valence-electron chi connectivity index (χ4n) is 3.51. The summed E-state index contributed by atoms with van der Waals surface area (Å²) in [6, 6.07) is 16.5. The summed E-state index contributed by atoms with van der Waals surface area (Å²) in [7, 11) is 0. The van der Waals surface area contributed by atoms with Gasteiger partial charge >= 0.3 is 0 Å². The van der Waals surface area contributed by atoms with Gasteiger partial charge < -0.3 is 29.2 Å². The SMILES string of the molecule is O=C(COc1ccc2c(c1)OCO2)Nc1cccc(-c2ccc(N3CCOCC3)nn2)c1. The molecule has 1 N–H and O–H groups in total. The first kappa shape index (κ1) is 20.1. The van der Waals surface area contributed by atoms with Crippen LogP contribution in [-0.2, 0) is 9.53 Å². The molecule has 5 rings (SSSR count). The Kier molecular flexibility index (Phi) is 5.71. The molecule has 3 heterocycles. The Bertz CT molecular complexity index is 1100. The fourth-order valence-corrected chi connectivity index (χ4v) is 3.51. The highest BCUT2D eigenvalue weighted by Gasteiger charge is 2.15. The third kappa shape index (κ3) is 4.57. The van der Waals surface area contributed by atoms with E-state index in [9.17, 15) is 4.79 Å². The van der Waals surface area contributed by atoms with Gasteiger partial charge in [-0.15, -0.1) is 10.2 Å². The van der Waals surface area contributed by atoms with Gasteiger partial charge in [0.2, 0.25) is 6.79 Å². The Morgan fingerprint density at radius 3 is 2.72 bits per heavy atom. The molecule has 0 spiro atoms. The van der Waals surface area contributed by atoms with Gasteiger partial charge in [0, 0.05) is 30.4 Å². The average molecular weight is 434 g/mol. The molecule has 32 heavy (non-hydrogen) atoms. The van der Waals surface area contributed by atoms with Gasteiger partial charge in [-0.3, -0.25) is 4.79 Å². The third-order valence-electron chi connectivity index (χ3n) is 5.14. The van der Waals surface area contributed by atoms with E-state index in [0.717, 1.165) is 30.2 Å². The maximum atomic E-state index is 12.4. The fraction of sp³-hybridized carbons (Fsp3) is 0.261. The highest BCUT2D eigenvalue weighted by atomic mass is 16.7. The van der Waals surface area contributed by atoms with Crippen LogP contribution in [0.15, 0.2) is 54.6 Å². The number of ether oxygens (including phenoxy) is 4. The van der Waals surface area contributed by atoms with Crippen LogP contribution in [0.1, 0.15) is 0 Å². The van der Waals surface area contributed by atoms with Crippen LogP contribution in [0.5, 0.6) is 17.2 Å². The number of aromatic nitrogens is 2. The van der Waals surface area contributed by atoms with E-state index in [-0.39, 0.29) is 19.3 Å². The van der Waals surface area contributed by atoms with Crippen molar-refractivity contribution >= 4 is 17.4 Å². The minimum Gasteiger partial charge on any atom is -0.484 e. The van der Waals surface area contributed by atoms with Crippen LogP contribution in [0.2, 0.25) is 0 Å². The van der Waals surface area contributed by atoms with Gasteiger partial charge in [0.1, 0.15) is 5.75 Å². The monoisotopic (exact) mass is 434 g/mol. The van der Waals surface area contributed by atoms with Gasteiger partial charge in [-0.05, 0) is 36.4 Å². The van der Waals surface area contributed by atoms with Crippen molar-refractivity contribution in [3.63, 3.8) is 0 Å². The van der Waals surface area contributed by atoms with Crippen molar-refractivity contribution < 1.29 is 23.7 Å². The summed E-state index contributed by atoms with van der Waals surface area (Å²) in [5.74, 6) is 2.38. The molecule has 1 aromatic heterocycles. The lowest BCUT2D eigenvalue weighted by molar-refractivity contribution is -0.118. The summed E-state index contributed by atoms with van der Waals surface area (Å²) in [4.78, 5) is 14.5. The molecule has 2 aliphatic rings. The molecule has 0 aliphatic carbocycles. The molecule has 164 valence electrons. The van der Waals surface area contributed by atoms with E-state index < -0.39 is 0 Å². The van der Waals surface area contributed by atoms with E-state index >= 15 is 0 Å². The minimum atomic E-state index is -0.270. The number of nitrogens with one attached hydrogen (secondary N) is 1. The predicted octanol–water partition coefficient (Wildman–Crippen LogP) is 2.73. The number of amides is 1. The van der Waals surface area contributed by atoms with E-state index in [1.165, 1.54) is 0 Å². The van der Waals surface area contributed by atoms with Crippen molar-refractivity contribution in [2.75, 3.05) is 49.9 Å². The van der Waals surface area contributed by atoms with Gasteiger partial charge in [-0.2, -0.15) is 0 Å². The number of morpholine rings is 1. The molecule has 0 saturated carbocycles. The van der Waals surface area contributed by atoms with Gasteiger partial charge in [0.15, 0.2) is 23.9 Å². The number of benzene rings is 2. The molecular weight excluding hydrogens is 412 g/mol. The van der Waals surface area contributed by atoms with Crippen LogP contribution >= 0.6 is 0 Å². The Balaban J connectivity index is 1.19. The zero-order valence-electron chi connectivity index (χ0n) is 17.3. The molecule has 0 bridgehead atoms. The van der Waals surface area contributed by atoms with Crippen molar-refractivity contribution in [1.82, 2.24) is 10.2 Å². The number of hydrogen-bond acceptors (Lipinski definition) is 8. The van der Waals surface area contributed by atoms with E-state index in [4.69, 9.17) is 18.9 Å². The summed E-state index contributed by atoms with van der Waals surface area (Å²) in [5.41, 5.74) is 2.25. The van der Waals surface area contributed by atoms with E-state index in [1.54, 1.807) is 18.2 Å². The van der Waals surface area contributed by atoms with Gasteiger partial charge in [0.25, 0.3) is 5.91 Å². The van der Waals surface area contributed by atoms with Crippen molar-refractivity contribution in [3.05, 3.63) is 54.6 Å². The highest BCUT2D eigenvalue weighted by molar-refractivity contribution is 5.92. The molecule has 9 nitrogen and oxygen atoms in total. The zero-order chi connectivity index (χ0) is 21.8. The molecule has 0 atom stereocenters. The van der Waals surface area contributed by atoms with E-state index in [2.05, 4.69) is 20.4 Å². The van der Waals surface area contributed by atoms with Crippen LogP contribution in [-0.4, -0.2) is 55.8 Å². The average Bonchev–Trinajstić information content (AvgIpc) is 3.32.